The molecule has 3 aromatic rings. The molecule has 0 spiro atoms. The Balaban J connectivity index is 1.74. The van der Waals surface area contributed by atoms with Gasteiger partial charge in [0.15, 0.2) is 6.20 Å². The molecule has 40 heavy (non-hydrogen) atoms. The number of hydrogen-bond donors (Lipinski definition) is 5. The van der Waals surface area contributed by atoms with Crippen molar-refractivity contribution < 1.29 is 27.7 Å². The minimum absolute atomic E-state index is 0.0599. The first-order valence-corrected chi connectivity index (χ1v) is 13.0. The third kappa shape index (κ3) is 8.68. The first-order valence-electron chi connectivity index (χ1n) is 12.6. The van der Waals surface area contributed by atoms with Gasteiger partial charge in [-0.2, -0.15) is 13.2 Å². The normalized spacial score (nSPS) is 12.9. The number of halogens is 3. The zero-order chi connectivity index (χ0) is 29.3. The van der Waals surface area contributed by atoms with E-state index >= 15 is 0 Å². The average Bonchev–Trinajstić information content (AvgIpc) is 2.93. The Morgan fingerprint density at radius 2 is 1.75 bits per heavy atom. The third-order valence-corrected chi connectivity index (χ3v) is 6.72. The van der Waals surface area contributed by atoms with Crippen molar-refractivity contribution in [2.24, 2.45) is 17.2 Å². The molecule has 0 aliphatic rings. The maximum atomic E-state index is 13.3. The highest BCUT2D eigenvalue weighted by molar-refractivity contribution is 7.80. The van der Waals surface area contributed by atoms with Gasteiger partial charge >= 0.3 is 6.18 Å². The topological polar surface area (TPSA) is 154 Å². The molecule has 214 valence electrons. The Labute approximate surface area is 235 Å². The Bertz CT molecular complexity index is 1320. The van der Waals surface area contributed by atoms with E-state index < -0.39 is 35.6 Å². The number of nitrogens with zero attached hydrogens (tertiary/aromatic N) is 1. The van der Waals surface area contributed by atoms with Crippen molar-refractivity contribution in [2.75, 3.05) is 25.1 Å². The molecule has 3 rings (SSSR count). The van der Waals surface area contributed by atoms with Crippen LogP contribution in [0.1, 0.15) is 24.0 Å². The van der Waals surface area contributed by atoms with Crippen LogP contribution in [0.3, 0.4) is 0 Å². The van der Waals surface area contributed by atoms with E-state index in [0.717, 1.165) is 23.0 Å². The van der Waals surface area contributed by atoms with Gasteiger partial charge in [-0.15, -0.1) is 0 Å². The largest absolute Gasteiger partial charge is 0.416 e. The Morgan fingerprint density at radius 3 is 2.40 bits per heavy atom. The molecule has 9 N–H and O–H groups in total. The molecule has 2 aromatic carbocycles. The Morgan fingerprint density at radius 1 is 1.05 bits per heavy atom. The van der Waals surface area contributed by atoms with Gasteiger partial charge in [0.2, 0.25) is 17.3 Å². The first-order chi connectivity index (χ1) is 19.0. The predicted molar refractivity (Wildman–Crippen MR) is 151 cm³/mol. The number of aromatic nitrogens is 1. The standard InChI is InChI=1S/C27H32F3N7O2S/c28-27(29,30)19-7-5-17(6-8-19)13-23(26(39)35-20-14-18-3-1-2-4-22(18)34-15-20)36-25(38)21(33)9-10-24(40)37(16-32)12-11-31/h1-8,14-15,21,23H,9-13,16,31-33H2,(H,35,39)(H,36,38)/p+1/t21-,23+/m0/s1. The molecule has 0 bridgehead atoms. The van der Waals surface area contributed by atoms with Crippen LogP contribution in [0.5, 0.6) is 0 Å². The van der Waals surface area contributed by atoms with Crippen LogP contribution < -0.4 is 32.8 Å². The molecule has 0 saturated heterocycles. The zero-order valence-electron chi connectivity index (χ0n) is 21.7. The van der Waals surface area contributed by atoms with Crippen molar-refractivity contribution in [1.82, 2.24) is 10.2 Å². The highest BCUT2D eigenvalue weighted by Gasteiger charge is 2.30. The second-order valence-corrected chi connectivity index (χ2v) is 9.67. The van der Waals surface area contributed by atoms with Gasteiger partial charge in [-0.3, -0.25) is 9.59 Å². The lowest BCUT2D eigenvalue weighted by Gasteiger charge is -2.24. The lowest BCUT2D eigenvalue weighted by atomic mass is 10.0. The number of H-pyrrole nitrogens is 1. The number of carbonyl (C=O) groups is 2. The molecule has 2 amide bonds. The number of nitrogens with one attached hydrogen (secondary N) is 3. The second kappa shape index (κ2) is 14.1. The molecule has 9 nitrogen and oxygen atoms in total. The molecule has 1 heterocycles. The number of thiocarbonyl (C=S) groups is 1. The van der Waals surface area contributed by atoms with E-state index in [4.69, 9.17) is 29.4 Å². The molecule has 0 saturated carbocycles. The number of fused-ring (bicyclic) bond motifs is 1. The van der Waals surface area contributed by atoms with Crippen LogP contribution in [0, 0.1) is 0 Å². The summed E-state index contributed by atoms with van der Waals surface area (Å²) in [4.78, 5) is 31.6. The average molecular weight is 577 g/mol. The number of amides is 2. The van der Waals surface area contributed by atoms with E-state index in [1.165, 1.54) is 12.1 Å². The predicted octanol–water partition coefficient (Wildman–Crippen LogP) is 1.95. The van der Waals surface area contributed by atoms with E-state index in [1.807, 2.05) is 24.3 Å². The maximum Gasteiger partial charge on any atom is 0.416 e. The quantitative estimate of drug-likeness (QED) is 0.163. The number of anilines is 1. The summed E-state index contributed by atoms with van der Waals surface area (Å²) in [6.45, 7) is 1.01. The van der Waals surface area contributed by atoms with Gasteiger partial charge in [-0.1, -0.05) is 36.5 Å². The molecule has 0 aliphatic heterocycles. The summed E-state index contributed by atoms with van der Waals surface area (Å²) < 4.78 is 39.0. The summed E-state index contributed by atoms with van der Waals surface area (Å²) in [7, 11) is 0. The molecule has 1 aromatic heterocycles. The highest BCUT2D eigenvalue weighted by Crippen LogP contribution is 2.29. The van der Waals surface area contributed by atoms with E-state index in [9.17, 15) is 22.8 Å². The highest BCUT2D eigenvalue weighted by atomic mass is 32.1. The van der Waals surface area contributed by atoms with Crippen LogP contribution in [0.15, 0.2) is 60.8 Å². The second-order valence-electron chi connectivity index (χ2n) is 9.20. The molecule has 0 radical (unpaired) electrons. The third-order valence-electron chi connectivity index (χ3n) is 6.25. The number of nitrogens with two attached hydrogens (primary N) is 3. The van der Waals surface area contributed by atoms with Crippen molar-refractivity contribution in [3.05, 3.63) is 71.9 Å². The lowest BCUT2D eigenvalue weighted by Crippen LogP contribution is -2.51. The van der Waals surface area contributed by atoms with Gasteiger partial charge in [-0.25, -0.2) is 4.98 Å². The van der Waals surface area contributed by atoms with Gasteiger partial charge in [0.25, 0.3) is 0 Å². The van der Waals surface area contributed by atoms with Gasteiger partial charge in [0, 0.05) is 31.0 Å². The monoisotopic (exact) mass is 576 g/mol. The van der Waals surface area contributed by atoms with Crippen molar-refractivity contribution in [2.45, 2.75) is 37.5 Å². The first kappa shape index (κ1) is 30.9. The SMILES string of the molecule is NCCN(CN)C(=S)CC[C@H](N)C(=O)N[C@H](Cc1ccc(C(F)(F)F)cc1)C(=O)Nc1c[nH+]c2ccccc2c1. The molecule has 0 unspecified atom stereocenters. The number of alkyl halides is 3. The molecular weight excluding hydrogens is 543 g/mol. The van der Waals surface area contributed by atoms with Gasteiger partial charge in [0.1, 0.15) is 11.7 Å². The number of carbonyl (C=O) groups excluding carboxylic acids is 2. The smallest absolute Gasteiger partial charge is 0.352 e. The number of hydrogen-bond acceptors (Lipinski definition) is 6. The van der Waals surface area contributed by atoms with E-state index in [0.29, 0.717) is 35.7 Å². The summed E-state index contributed by atoms with van der Waals surface area (Å²) in [5, 5.41) is 6.26. The summed E-state index contributed by atoms with van der Waals surface area (Å²) >= 11 is 5.36. The minimum atomic E-state index is -4.49. The maximum absolute atomic E-state index is 13.3. The number of aromatic amines is 1. The summed E-state index contributed by atoms with van der Waals surface area (Å²) in [6, 6.07) is 11.5. The number of rotatable bonds is 12. The molecular formula is C27H33F3N7O2S+. The number of pyridine rings is 1. The van der Waals surface area contributed by atoms with Crippen molar-refractivity contribution in [3.8, 4) is 0 Å². The van der Waals surface area contributed by atoms with Crippen LogP contribution in [0.25, 0.3) is 10.9 Å². The van der Waals surface area contributed by atoms with E-state index in [-0.39, 0.29) is 19.5 Å². The molecule has 0 fully saturated rings. The fourth-order valence-electron chi connectivity index (χ4n) is 4.02. The van der Waals surface area contributed by atoms with Crippen molar-refractivity contribution in [3.63, 3.8) is 0 Å². The van der Waals surface area contributed by atoms with Crippen LogP contribution in [0.4, 0.5) is 18.9 Å². The Kier molecular flexibility index (Phi) is 10.9. The molecule has 2 atom stereocenters. The minimum Gasteiger partial charge on any atom is -0.352 e. The van der Waals surface area contributed by atoms with Gasteiger partial charge < -0.3 is 32.7 Å². The summed E-state index contributed by atoms with van der Waals surface area (Å²) in [6.07, 6.45) is -2.44. The zero-order valence-corrected chi connectivity index (χ0v) is 22.5. The lowest BCUT2D eigenvalue weighted by molar-refractivity contribution is -0.343. The van der Waals surface area contributed by atoms with Crippen LogP contribution in [-0.2, 0) is 22.2 Å². The van der Waals surface area contributed by atoms with Gasteiger partial charge in [-0.05, 0) is 42.7 Å². The van der Waals surface area contributed by atoms with Crippen LogP contribution in [-0.4, -0.2) is 53.5 Å². The molecule has 13 heteroatoms. The van der Waals surface area contributed by atoms with Crippen LogP contribution >= 0.6 is 12.2 Å². The van der Waals surface area contributed by atoms with Gasteiger partial charge in [0.05, 0.1) is 23.3 Å². The summed E-state index contributed by atoms with van der Waals surface area (Å²) in [5.74, 6) is -1.16. The Hall–Kier alpha value is -3.65. The summed E-state index contributed by atoms with van der Waals surface area (Å²) in [5.41, 5.74) is 18.3. The van der Waals surface area contributed by atoms with E-state index in [1.54, 1.807) is 17.2 Å². The molecule has 0 aliphatic carbocycles. The van der Waals surface area contributed by atoms with E-state index in [2.05, 4.69) is 15.6 Å². The van der Waals surface area contributed by atoms with Crippen LogP contribution in [0.2, 0.25) is 0 Å². The fraction of sp³-hybridized carbons (Fsp3) is 0.333. The van der Waals surface area contributed by atoms with Crippen molar-refractivity contribution >= 4 is 45.6 Å². The number of benzene rings is 2. The fourth-order valence-corrected chi connectivity index (χ4v) is 4.30. The van der Waals surface area contributed by atoms with Crippen molar-refractivity contribution in [1.29, 1.82) is 0 Å². The number of para-hydroxylation sites is 1.